The van der Waals surface area contributed by atoms with E-state index in [4.69, 9.17) is 0 Å². The molecule has 0 bridgehead atoms. The van der Waals surface area contributed by atoms with E-state index in [9.17, 15) is 9.59 Å². The van der Waals surface area contributed by atoms with Crippen molar-refractivity contribution in [3.8, 4) is 0 Å². The van der Waals surface area contributed by atoms with E-state index in [-0.39, 0.29) is 17.7 Å². The van der Waals surface area contributed by atoms with Gasteiger partial charge in [-0.25, -0.2) is 5.43 Å². The Morgan fingerprint density at radius 1 is 1.19 bits per heavy atom. The molecule has 1 fully saturated rings. The molecular weight excluding hydrogens is 406 g/mol. The molecule has 2 atom stereocenters. The van der Waals surface area contributed by atoms with Crippen molar-refractivity contribution < 1.29 is 9.59 Å². The molecule has 27 heavy (non-hydrogen) atoms. The van der Waals surface area contributed by atoms with E-state index in [1.54, 1.807) is 0 Å². The molecule has 138 valence electrons. The monoisotopic (exact) mass is 425 g/mol. The van der Waals surface area contributed by atoms with E-state index in [0.29, 0.717) is 6.54 Å². The lowest BCUT2D eigenvalue weighted by Gasteiger charge is -2.15. The predicted octanol–water partition coefficient (Wildman–Crippen LogP) is 3.05. The molecule has 2 aromatic rings. The van der Waals surface area contributed by atoms with Crippen molar-refractivity contribution in [2.24, 2.45) is 11.0 Å². The summed E-state index contributed by atoms with van der Waals surface area (Å²) < 4.78 is 0.981. The molecule has 0 aromatic heterocycles. The van der Waals surface area contributed by atoms with Crippen molar-refractivity contribution in [2.75, 3.05) is 6.54 Å². The number of amides is 2. The average molecular weight is 426 g/mol. The summed E-state index contributed by atoms with van der Waals surface area (Å²) in [7, 11) is 0. The Hall–Kier alpha value is -2.47. The fourth-order valence-electron chi connectivity index (χ4n) is 3.96. The molecule has 1 aliphatic heterocycles. The van der Waals surface area contributed by atoms with E-state index in [2.05, 4.69) is 44.8 Å². The number of aryl methyl sites for hydroxylation is 1. The van der Waals surface area contributed by atoms with Crippen molar-refractivity contribution in [3.63, 3.8) is 0 Å². The number of hydrogen-bond donors (Lipinski definition) is 2. The van der Waals surface area contributed by atoms with Crippen LogP contribution in [0.2, 0.25) is 0 Å². The number of hydrazone groups is 1. The molecule has 2 amide bonds. The van der Waals surface area contributed by atoms with E-state index in [1.807, 2.05) is 36.4 Å². The first-order valence-electron chi connectivity index (χ1n) is 9.03. The van der Waals surface area contributed by atoms with Gasteiger partial charge in [-0.1, -0.05) is 52.3 Å². The lowest BCUT2D eigenvalue weighted by Crippen LogP contribution is -2.35. The number of nitrogens with one attached hydrogen (secondary N) is 2. The molecule has 0 spiro atoms. The smallest absolute Gasteiger partial charge is 0.253 e. The van der Waals surface area contributed by atoms with Crippen molar-refractivity contribution >= 4 is 33.5 Å². The third-order valence-electron chi connectivity index (χ3n) is 5.39. The number of carbonyl (C=O) groups is 2. The van der Waals surface area contributed by atoms with Crippen molar-refractivity contribution in [3.05, 3.63) is 69.2 Å². The van der Waals surface area contributed by atoms with E-state index >= 15 is 0 Å². The molecule has 0 radical (unpaired) electrons. The van der Waals surface area contributed by atoms with Crippen LogP contribution in [0.15, 0.2) is 52.0 Å². The molecule has 1 saturated heterocycles. The molecule has 5 nitrogen and oxygen atoms in total. The Labute approximate surface area is 166 Å². The zero-order valence-electron chi connectivity index (χ0n) is 15.0. The Morgan fingerprint density at radius 2 is 1.96 bits per heavy atom. The first-order chi connectivity index (χ1) is 13.1. The maximum Gasteiger partial charge on any atom is 0.253 e. The van der Waals surface area contributed by atoms with E-state index < -0.39 is 5.92 Å². The van der Waals surface area contributed by atoms with Gasteiger partial charge in [-0.15, -0.1) is 0 Å². The largest absolute Gasteiger partial charge is 0.355 e. The second-order valence-electron chi connectivity index (χ2n) is 6.99. The minimum Gasteiger partial charge on any atom is -0.355 e. The summed E-state index contributed by atoms with van der Waals surface area (Å²) in [5.74, 6) is -1.55. The molecular formula is C21H20BrN3O2. The number of benzene rings is 2. The fourth-order valence-corrected chi connectivity index (χ4v) is 4.56. The van der Waals surface area contributed by atoms with Crippen LogP contribution in [-0.2, 0) is 16.0 Å². The van der Waals surface area contributed by atoms with Gasteiger partial charge in [0.15, 0.2) is 0 Å². The number of nitrogens with zero attached hydrogens (tertiary/aromatic N) is 1. The number of carbonyl (C=O) groups excluding carboxylic acids is 2. The fraction of sp³-hybridized carbons (Fsp3) is 0.286. The minimum atomic E-state index is -0.765. The van der Waals surface area contributed by atoms with Gasteiger partial charge in [0.2, 0.25) is 5.91 Å². The first-order valence-corrected chi connectivity index (χ1v) is 9.83. The average Bonchev–Trinajstić information content (AvgIpc) is 3.28. The first kappa shape index (κ1) is 17.9. The highest BCUT2D eigenvalue weighted by Gasteiger charge is 2.41. The van der Waals surface area contributed by atoms with Crippen LogP contribution in [0.4, 0.5) is 0 Å². The highest BCUT2D eigenvalue weighted by molar-refractivity contribution is 9.10. The van der Waals surface area contributed by atoms with Gasteiger partial charge in [0.25, 0.3) is 5.91 Å². The van der Waals surface area contributed by atoms with Crippen LogP contribution in [0.3, 0.4) is 0 Å². The summed E-state index contributed by atoms with van der Waals surface area (Å²) in [5, 5.41) is 7.18. The van der Waals surface area contributed by atoms with Crippen LogP contribution in [0.5, 0.6) is 0 Å². The number of fused-ring (bicyclic) bond motifs is 1. The lowest BCUT2D eigenvalue weighted by atomic mass is 9.88. The molecule has 1 heterocycles. The van der Waals surface area contributed by atoms with Gasteiger partial charge in [-0.2, -0.15) is 5.10 Å². The van der Waals surface area contributed by atoms with Gasteiger partial charge in [0, 0.05) is 22.5 Å². The van der Waals surface area contributed by atoms with Gasteiger partial charge in [-0.3, -0.25) is 9.59 Å². The zero-order valence-corrected chi connectivity index (χ0v) is 16.5. The van der Waals surface area contributed by atoms with Crippen LogP contribution in [0.1, 0.15) is 34.6 Å². The van der Waals surface area contributed by atoms with Crippen LogP contribution >= 0.6 is 15.9 Å². The lowest BCUT2D eigenvalue weighted by molar-refractivity contribution is -0.133. The Morgan fingerprint density at radius 3 is 2.74 bits per heavy atom. The zero-order chi connectivity index (χ0) is 19.0. The number of rotatable bonds is 3. The van der Waals surface area contributed by atoms with Gasteiger partial charge in [-0.05, 0) is 42.5 Å². The molecule has 2 N–H and O–H groups in total. The molecule has 1 aliphatic carbocycles. The third kappa shape index (κ3) is 3.30. The normalized spacial score (nSPS) is 22.6. The Kier molecular flexibility index (Phi) is 4.83. The van der Waals surface area contributed by atoms with Crippen molar-refractivity contribution in [2.45, 2.75) is 25.7 Å². The second-order valence-corrected chi connectivity index (χ2v) is 7.85. The van der Waals surface area contributed by atoms with E-state index in [0.717, 1.165) is 34.2 Å². The van der Waals surface area contributed by atoms with Crippen molar-refractivity contribution in [1.29, 1.82) is 0 Å². The maximum atomic E-state index is 12.8. The standard InChI is InChI=1S/C21H20BrN3O2/c1-12-7-9-16(22)18-14(12)8-10-17(18)24-25-21(27)19-15(11-23-20(19)26)13-5-3-2-4-6-13/h2-7,9,15,19H,8,10-11H2,1H3,(H,23,26)(H,25,27)/b24-17-. The summed E-state index contributed by atoms with van der Waals surface area (Å²) in [5.41, 5.74) is 8.03. The molecule has 6 heteroatoms. The molecule has 2 aliphatic rings. The highest BCUT2D eigenvalue weighted by Crippen LogP contribution is 2.32. The van der Waals surface area contributed by atoms with Crippen molar-refractivity contribution in [1.82, 2.24) is 10.7 Å². The topological polar surface area (TPSA) is 70.6 Å². The van der Waals surface area contributed by atoms with E-state index in [1.165, 1.54) is 11.1 Å². The predicted molar refractivity (Wildman–Crippen MR) is 108 cm³/mol. The minimum absolute atomic E-state index is 0.177. The van der Waals surface area contributed by atoms with Crippen LogP contribution in [0.25, 0.3) is 0 Å². The van der Waals surface area contributed by atoms with Gasteiger partial charge in [0.05, 0.1) is 5.71 Å². The molecule has 2 aromatic carbocycles. The Bertz CT molecular complexity index is 940. The van der Waals surface area contributed by atoms with Crippen LogP contribution < -0.4 is 10.7 Å². The van der Waals surface area contributed by atoms with Crippen LogP contribution in [0, 0.1) is 12.8 Å². The summed E-state index contributed by atoms with van der Waals surface area (Å²) in [6, 6.07) is 13.7. The Balaban J connectivity index is 1.56. The SMILES string of the molecule is Cc1ccc(Br)c2c1CC/C2=N/NC(=O)C1C(=O)NCC1c1ccccc1. The number of hydrogen-bond acceptors (Lipinski definition) is 3. The summed E-state index contributed by atoms with van der Waals surface area (Å²) >= 11 is 3.59. The van der Waals surface area contributed by atoms with Gasteiger partial charge >= 0.3 is 0 Å². The highest BCUT2D eigenvalue weighted by atomic mass is 79.9. The summed E-state index contributed by atoms with van der Waals surface area (Å²) in [6.07, 6.45) is 1.68. The second kappa shape index (κ2) is 7.27. The quantitative estimate of drug-likeness (QED) is 0.585. The molecule has 2 unspecified atom stereocenters. The third-order valence-corrected chi connectivity index (χ3v) is 6.05. The summed E-state index contributed by atoms with van der Waals surface area (Å²) in [4.78, 5) is 25.0. The molecule has 4 rings (SSSR count). The van der Waals surface area contributed by atoms with Crippen LogP contribution in [-0.4, -0.2) is 24.1 Å². The number of halogens is 1. The summed E-state index contributed by atoms with van der Waals surface area (Å²) in [6.45, 7) is 2.55. The maximum absolute atomic E-state index is 12.8. The van der Waals surface area contributed by atoms with Gasteiger partial charge in [0.1, 0.15) is 5.92 Å². The van der Waals surface area contributed by atoms with Gasteiger partial charge < -0.3 is 5.32 Å². The molecule has 0 saturated carbocycles.